The van der Waals surface area contributed by atoms with Crippen molar-refractivity contribution in [2.45, 2.75) is 26.7 Å². The Balaban J connectivity index is 1.78. The molecule has 0 radical (unpaired) electrons. The maximum atomic E-state index is 12.1. The molecule has 0 aliphatic rings. The van der Waals surface area contributed by atoms with Gasteiger partial charge in [0.05, 0.1) is 10.7 Å². The van der Waals surface area contributed by atoms with Gasteiger partial charge < -0.3 is 10.1 Å². The third-order valence-corrected chi connectivity index (χ3v) is 4.81. The number of hydrazine groups is 1. The fraction of sp³-hybridized carbons (Fsp3) is 0.250. The topological polar surface area (TPSA) is 96.5 Å². The predicted molar refractivity (Wildman–Crippen MR) is 115 cm³/mol. The van der Waals surface area contributed by atoms with Crippen LogP contribution in [0.5, 0.6) is 5.75 Å². The first-order valence-electron chi connectivity index (χ1n) is 8.60. The normalized spacial score (nSPS) is 10.1. The number of anilines is 1. The van der Waals surface area contributed by atoms with Crippen LogP contribution >= 0.6 is 22.6 Å². The van der Waals surface area contributed by atoms with E-state index in [2.05, 4.69) is 38.8 Å². The van der Waals surface area contributed by atoms with Crippen LogP contribution in [0.4, 0.5) is 5.69 Å². The van der Waals surface area contributed by atoms with Crippen molar-refractivity contribution in [1.29, 1.82) is 0 Å². The van der Waals surface area contributed by atoms with Crippen LogP contribution in [0.25, 0.3) is 0 Å². The van der Waals surface area contributed by atoms with E-state index in [0.717, 1.165) is 20.4 Å². The van der Waals surface area contributed by atoms with E-state index in [4.69, 9.17) is 4.74 Å². The van der Waals surface area contributed by atoms with E-state index in [1.165, 1.54) is 0 Å². The van der Waals surface area contributed by atoms with Gasteiger partial charge in [0.2, 0.25) is 11.8 Å². The van der Waals surface area contributed by atoms with Crippen LogP contribution in [0.15, 0.2) is 36.4 Å². The number of methoxy groups -OCH3 is 1. The molecule has 28 heavy (non-hydrogen) atoms. The van der Waals surface area contributed by atoms with Gasteiger partial charge in [-0.05, 0) is 66.3 Å². The van der Waals surface area contributed by atoms with Crippen molar-refractivity contribution in [2.24, 2.45) is 0 Å². The van der Waals surface area contributed by atoms with Crippen LogP contribution in [0, 0.1) is 17.4 Å². The Morgan fingerprint density at radius 3 is 2.32 bits per heavy atom. The van der Waals surface area contributed by atoms with Gasteiger partial charge in [-0.3, -0.25) is 25.2 Å². The molecule has 3 amide bonds. The molecule has 0 atom stereocenters. The number of halogens is 1. The fourth-order valence-electron chi connectivity index (χ4n) is 2.46. The lowest BCUT2D eigenvalue weighted by atomic mass is 10.1. The lowest BCUT2D eigenvalue weighted by Gasteiger charge is -2.10. The highest BCUT2D eigenvalue weighted by atomic mass is 127. The maximum absolute atomic E-state index is 12.1. The minimum atomic E-state index is -0.452. The largest absolute Gasteiger partial charge is 0.496 e. The number of benzene rings is 2. The van der Waals surface area contributed by atoms with E-state index in [1.807, 2.05) is 32.0 Å². The Morgan fingerprint density at radius 1 is 0.964 bits per heavy atom. The summed E-state index contributed by atoms with van der Waals surface area (Å²) < 4.78 is 5.92. The maximum Gasteiger partial charge on any atom is 0.269 e. The van der Waals surface area contributed by atoms with Gasteiger partial charge in [-0.2, -0.15) is 0 Å². The molecule has 0 aromatic heterocycles. The van der Waals surface area contributed by atoms with E-state index >= 15 is 0 Å². The first-order valence-corrected chi connectivity index (χ1v) is 9.68. The van der Waals surface area contributed by atoms with Gasteiger partial charge in [0, 0.05) is 24.1 Å². The fourth-order valence-corrected chi connectivity index (χ4v) is 3.20. The number of nitrogens with one attached hydrogen (secondary N) is 3. The van der Waals surface area contributed by atoms with Crippen LogP contribution in [-0.2, 0) is 9.59 Å². The molecule has 148 valence electrons. The first-order chi connectivity index (χ1) is 13.3. The van der Waals surface area contributed by atoms with Crippen LogP contribution in [0.1, 0.15) is 34.3 Å². The number of aryl methyl sites for hydroxylation is 2. The number of ether oxygens (including phenoxy) is 1. The molecule has 2 aromatic rings. The summed E-state index contributed by atoms with van der Waals surface area (Å²) in [4.78, 5) is 36.0. The third kappa shape index (κ3) is 6.22. The van der Waals surface area contributed by atoms with Crippen molar-refractivity contribution in [3.05, 3.63) is 56.7 Å². The van der Waals surface area contributed by atoms with Crippen molar-refractivity contribution in [3.8, 4) is 5.75 Å². The predicted octanol–water partition coefficient (Wildman–Crippen LogP) is 3.10. The van der Waals surface area contributed by atoms with Crippen molar-refractivity contribution in [3.63, 3.8) is 0 Å². The van der Waals surface area contributed by atoms with Gasteiger partial charge in [-0.1, -0.05) is 17.7 Å². The molecule has 0 aliphatic carbocycles. The molecule has 7 nitrogen and oxygen atoms in total. The van der Waals surface area contributed by atoms with E-state index in [-0.39, 0.29) is 18.7 Å². The summed E-state index contributed by atoms with van der Waals surface area (Å²) in [5, 5.41) is 2.78. The Kier molecular flexibility index (Phi) is 7.80. The Bertz CT molecular complexity index is 899. The summed E-state index contributed by atoms with van der Waals surface area (Å²) in [5.41, 5.74) is 7.83. The highest BCUT2D eigenvalue weighted by Crippen LogP contribution is 2.21. The Morgan fingerprint density at radius 2 is 1.68 bits per heavy atom. The number of hydrogen-bond donors (Lipinski definition) is 3. The molecule has 0 heterocycles. The number of carbonyl (C=O) groups excluding carboxylic acids is 3. The molecular weight excluding hydrogens is 473 g/mol. The molecule has 0 aliphatic heterocycles. The van der Waals surface area contributed by atoms with Gasteiger partial charge in [-0.25, -0.2) is 0 Å². The average molecular weight is 495 g/mol. The first kappa shape index (κ1) is 21.7. The highest BCUT2D eigenvalue weighted by molar-refractivity contribution is 14.1. The highest BCUT2D eigenvalue weighted by Gasteiger charge is 2.12. The van der Waals surface area contributed by atoms with E-state index in [1.54, 1.807) is 25.3 Å². The molecule has 0 saturated carbocycles. The minimum Gasteiger partial charge on any atom is -0.496 e. The zero-order chi connectivity index (χ0) is 20.7. The van der Waals surface area contributed by atoms with Gasteiger partial charge in [0.1, 0.15) is 5.75 Å². The number of hydrogen-bond acceptors (Lipinski definition) is 4. The second-order valence-electron chi connectivity index (χ2n) is 6.22. The molecule has 8 heteroatoms. The Hall–Kier alpha value is -2.62. The van der Waals surface area contributed by atoms with Crippen LogP contribution in [0.3, 0.4) is 0 Å². The molecule has 0 bridgehead atoms. The molecule has 2 aromatic carbocycles. The number of amides is 3. The van der Waals surface area contributed by atoms with Crippen LogP contribution in [0.2, 0.25) is 0 Å². The monoisotopic (exact) mass is 495 g/mol. The molecule has 0 unspecified atom stereocenters. The molecule has 2 rings (SSSR count). The van der Waals surface area contributed by atoms with Crippen LogP contribution < -0.4 is 20.9 Å². The second kappa shape index (κ2) is 10.1. The summed E-state index contributed by atoms with van der Waals surface area (Å²) in [6, 6.07) is 10.6. The summed E-state index contributed by atoms with van der Waals surface area (Å²) in [7, 11) is 1.55. The quantitative estimate of drug-likeness (QED) is 0.424. The zero-order valence-electron chi connectivity index (χ0n) is 15.9. The molecular formula is C20H22IN3O4. The van der Waals surface area contributed by atoms with Crippen molar-refractivity contribution in [1.82, 2.24) is 10.9 Å². The lowest BCUT2D eigenvalue weighted by molar-refractivity contribution is -0.124. The number of rotatable bonds is 6. The molecule has 3 N–H and O–H groups in total. The van der Waals surface area contributed by atoms with Crippen molar-refractivity contribution < 1.29 is 19.1 Å². The number of carbonyl (C=O) groups is 3. The lowest BCUT2D eigenvalue weighted by Crippen LogP contribution is -2.41. The zero-order valence-corrected chi connectivity index (χ0v) is 18.0. The minimum absolute atomic E-state index is 0.00938. The summed E-state index contributed by atoms with van der Waals surface area (Å²) >= 11 is 2.06. The van der Waals surface area contributed by atoms with Gasteiger partial charge in [0.15, 0.2) is 0 Å². The molecule has 0 saturated heterocycles. The molecule has 0 fully saturated rings. The standard InChI is InChI=1S/C20H22IN3O4/c1-12-4-6-16(13(2)10-12)22-18(25)8-9-19(26)23-24-20(27)14-5-7-17(28-3)15(21)11-14/h4-7,10-11H,8-9H2,1-3H3,(H,22,25)(H,23,26)(H,24,27). The van der Waals surface area contributed by atoms with Crippen molar-refractivity contribution in [2.75, 3.05) is 12.4 Å². The summed E-state index contributed by atoms with van der Waals surface area (Å²) in [6.07, 6.45) is -0.0351. The van der Waals surface area contributed by atoms with Gasteiger partial charge in [0.25, 0.3) is 5.91 Å². The SMILES string of the molecule is COc1ccc(C(=O)NNC(=O)CCC(=O)Nc2ccc(C)cc2C)cc1I. The summed E-state index contributed by atoms with van der Waals surface area (Å²) in [5.74, 6) is -0.505. The second-order valence-corrected chi connectivity index (χ2v) is 7.38. The van der Waals surface area contributed by atoms with Gasteiger partial charge in [-0.15, -0.1) is 0 Å². The van der Waals surface area contributed by atoms with Crippen molar-refractivity contribution >= 4 is 46.0 Å². The molecule has 0 spiro atoms. The summed E-state index contributed by atoms with van der Waals surface area (Å²) in [6.45, 7) is 3.88. The average Bonchev–Trinajstić information content (AvgIpc) is 2.66. The van der Waals surface area contributed by atoms with Crippen LogP contribution in [-0.4, -0.2) is 24.8 Å². The van der Waals surface area contributed by atoms with Gasteiger partial charge >= 0.3 is 0 Å². The van der Waals surface area contributed by atoms with E-state index in [0.29, 0.717) is 11.3 Å². The van der Waals surface area contributed by atoms with E-state index < -0.39 is 11.8 Å². The van der Waals surface area contributed by atoms with E-state index in [9.17, 15) is 14.4 Å². The third-order valence-electron chi connectivity index (χ3n) is 3.96. The smallest absolute Gasteiger partial charge is 0.269 e. The Labute approximate surface area is 177 Å².